The third-order valence-corrected chi connectivity index (χ3v) is 9.85. The van der Waals surface area contributed by atoms with Gasteiger partial charge in [0.2, 0.25) is 0 Å². The smallest absolute Gasteiger partial charge is 0.319 e. The summed E-state index contributed by atoms with van der Waals surface area (Å²) in [6.07, 6.45) is 4.92. The molecule has 0 saturated carbocycles. The van der Waals surface area contributed by atoms with Crippen molar-refractivity contribution in [3.63, 3.8) is 0 Å². The fraction of sp³-hybridized carbons (Fsp3) is 0.382. The van der Waals surface area contributed by atoms with E-state index >= 15 is 0 Å². The van der Waals surface area contributed by atoms with Gasteiger partial charge in [0.15, 0.2) is 5.83 Å². The van der Waals surface area contributed by atoms with E-state index in [2.05, 4.69) is 22.5 Å². The average Bonchev–Trinajstić information content (AvgIpc) is 3.58. The van der Waals surface area contributed by atoms with Crippen LogP contribution in [0.1, 0.15) is 25.7 Å². The maximum atomic E-state index is 14.5. The molecule has 3 saturated heterocycles. The number of anilines is 1. The lowest BCUT2D eigenvalue weighted by atomic mass is 9.95. The largest absolute Gasteiger partial charge is 0.461 e. The summed E-state index contributed by atoms with van der Waals surface area (Å²) in [6, 6.07) is 13.2. The third kappa shape index (κ3) is 5.39. The number of amides is 1. The number of halogens is 3. The maximum Gasteiger partial charge on any atom is 0.319 e. The summed E-state index contributed by atoms with van der Waals surface area (Å²) in [5.74, 6) is -1.30. The normalized spacial score (nSPS) is 23.1. The van der Waals surface area contributed by atoms with Gasteiger partial charge in [-0.3, -0.25) is 14.7 Å². The standard InChI is InChI=1S/C34H32ClF2N7O2/c1-21(36)32(45)44-13-12-42(19-25(44)8-10-38)31-26-7-6-22(27-17-39-16-23-4-2-5-28(35)30(23)27)14-29(26)40-33(41-31)46-20-34-9-3-11-43(34)18-24(37)15-34/h2,4-7,14,16-17,24-25H,1,3,8-9,11-13,15,18-20H2/t24-,25+,34+/m1/s1. The van der Waals surface area contributed by atoms with Gasteiger partial charge in [-0.1, -0.05) is 36.4 Å². The van der Waals surface area contributed by atoms with Crippen molar-refractivity contribution in [1.82, 2.24) is 24.8 Å². The lowest BCUT2D eigenvalue weighted by Gasteiger charge is -2.41. The fourth-order valence-corrected chi connectivity index (χ4v) is 7.66. The molecule has 0 radical (unpaired) electrons. The summed E-state index contributed by atoms with van der Waals surface area (Å²) >= 11 is 6.64. The van der Waals surface area contributed by atoms with Crippen LogP contribution >= 0.6 is 11.6 Å². The molecule has 9 nitrogen and oxygen atoms in total. The van der Waals surface area contributed by atoms with Crippen LogP contribution in [0.25, 0.3) is 32.8 Å². The average molecular weight is 644 g/mol. The number of pyridine rings is 1. The number of alkyl halides is 1. The lowest BCUT2D eigenvalue weighted by Crippen LogP contribution is -2.55. The monoisotopic (exact) mass is 643 g/mol. The number of nitrogens with zero attached hydrogens (tertiary/aromatic N) is 7. The predicted molar refractivity (Wildman–Crippen MR) is 172 cm³/mol. The topological polar surface area (TPSA) is 98.5 Å². The number of carbonyl (C=O) groups excluding carboxylic acids is 1. The summed E-state index contributed by atoms with van der Waals surface area (Å²) in [4.78, 5) is 32.2. The Kier molecular flexibility index (Phi) is 7.95. The van der Waals surface area contributed by atoms with Crippen LogP contribution in [0.15, 0.2) is 61.2 Å². The lowest BCUT2D eigenvalue weighted by molar-refractivity contribution is -0.131. The highest BCUT2D eigenvalue weighted by Gasteiger charge is 2.49. The van der Waals surface area contributed by atoms with Gasteiger partial charge in [0.1, 0.15) is 18.6 Å². The molecule has 0 bridgehead atoms. The van der Waals surface area contributed by atoms with Crippen molar-refractivity contribution in [3.05, 3.63) is 66.2 Å². The molecule has 3 aliphatic rings. The number of nitriles is 1. The van der Waals surface area contributed by atoms with Crippen LogP contribution in [-0.4, -0.2) is 87.7 Å². The molecule has 3 aliphatic heterocycles. The van der Waals surface area contributed by atoms with Crippen LogP contribution in [0.2, 0.25) is 5.02 Å². The van der Waals surface area contributed by atoms with Crippen LogP contribution in [0.3, 0.4) is 0 Å². The Labute approximate surface area is 270 Å². The summed E-state index contributed by atoms with van der Waals surface area (Å²) in [6.45, 7) is 5.46. The Morgan fingerprint density at radius 3 is 2.87 bits per heavy atom. The van der Waals surface area contributed by atoms with Crippen LogP contribution < -0.4 is 9.64 Å². The van der Waals surface area contributed by atoms with Gasteiger partial charge in [0.25, 0.3) is 5.91 Å². The molecule has 2 aromatic heterocycles. The Hall–Kier alpha value is -4.40. The van der Waals surface area contributed by atoms with Crippen LogP contribution in [0.5, 0.6) is 6.01 Å². The zero-order chi connectivity index (χ0) is 32.0. The SMILES string of the molecule is C=C(F)C(=O)N1CCN(c2nc(OC[C@@]34CCCN3C[C@H](F)C4)nc3cc(-c4cncc5cccc(Cl)c45)ccc23)C[C@@H]1CC#N. The van der Waals surface area contributed by atoms with Gasteiger partial charge in [-0.25, -0.2) is 8.78 Å². The molecular weight excluding hydrogens is 612 g/mol. The molecule has 2 aromatic carbocycles. The predicted octanol–water partition coefficient (Wildman–Crippen LogP) is 5.87. The number of fused-ring (bicyclic) bond motifs is 3. The maximum absolute atomic E-state index is 14.5. The first-order chi connectivity index (χ1) is 22.3. The Balaban J connectivity index is 1.29. The van der Waals surface area contributed by atoms with Gasteiger partial charge >= 0.3 is 6.01 Å². The fourth-order valence-electron chi connectivity index (χ4n) is 7.37. The molecule has 0 N–H and O–H groups in total. The molecule has 236 valence electrons. The zero-order valence-corrected chi connectivity index (χ0v) is 25.9. The van der Waals surface area contributed by atoms with Crippen molar-refractivity contribution < 1.29 is 18.3 Å². The second kappa shape index (κ2) is 12.1. The number of aromatic nitrogens is 3. The van der Waals surface area contributed by atoms with Crippen LogP contribution in [0.4, 0.5) is 14.6 Å². The highest BCUT2D eigenvalue weighted by atomic mass is 35.5. The van der Waals surface area contributed by atoms with Crippen molar-refractivity contribution in [3.8, 4) is 23.2 Å². The van der Waals surface area contributed by atoms with Gasteiger partial charge in [0.05, 0.1) is 29.6 Å². The van der Waals surface area contributed by atoms with Crippen molar-refractivity contribution >= 4 is 45.0 Å². The molecule has 4 aromatic rings. The van der Waals surface area contributed by atoms with E-state index in [9.17, 15) is 18.8 Å². The molecule has 0 unspecified atom stereocenters. The quantitative estimate of drug-likeness (QED) is 0.231. The van der Waals surface area contributed by atoms with Crippen molar-refractivity contribution in [2.24, 2.45) is 0 Å². The number of hydrogen-bond acceptors (Lipinski definition) is 8. The van der Waals surface area contributed by atoms with Crippen LogP contribution in [0, 0.1) is 11.3 Å². The summed E-state index contributed by atoms with van der Waals surface area (Å²) in [5, 5.41) is 12.7. The van der Waals surface area contributed by atoms with Gasteiger partial charge in [-0.05, 0) is 43.1 Å². The minimum absolute atomic E-state index is 0.0175. The van der Waals surface area contributed by atoms with E-state index in [0.29, 0.717) is 35.9 Å². The number of rotatable bonds is 7. The first-order valence-electron chi connectivity index (χ1n) is 15.4. The molecule has 3 fully saturated rings. The van der Waals surface area contributed by atoms with Crippen LogP contribution in [-0.2, 0) is 4.79 Å². The van der Waals surface area contributed by atoms with Gasteiger partial charge in [0, 0.05) is 71.7 Å². The van der Waals surface area contributed by atoms with E-state index in [1.807, 2.05) is 41.3 Å². The molecule has 3 atom stereocenters. The first-order valence-corrected chi connectivity index (χ1v) is 15.8. The summed E-state index contributed by atoms with van der Waals surface area (Å²) in [7, 11) is 0. The zero-order valence-electron chi connectivity index (χ0n) is 25.1. The highest BCUT2D eigenvalue weighted by Crippen LogP contribution is 2.41. The molecule has 0 aliphatic carbocycles. The molecule has 5 heterocycles. The van der Waals surface area contributed by atoms with Gasteiger partial charge in [-0.15, -0.1) is 0 Å². The summed E-state index contributed by atoms with van der Waals surface area (Å²) < 4.78 is 34.6. The minimum Gasteiger partial charge on any atom is -0.461 e. The van der Waals surface area contributed by atoms with Gasteiger partial charge < -0.3 is 14.5 Å². The Morgan fingerprint density at radius 1 is 1.17 bits per heavy atom. The highest BCUT2D eigenvalue weighted by molar-refractivity contribution is 6.36. The van der Waals surface area contributed by atoms with E-state index in [1.165, 1.54) is 4.90 Å². The van der Waals surface area contributed by atoms with E-state index in [0.717, 1.165) is 46.7 Å². The number of hydrogen-bond donors (Lipinski definition) is 0. The van der Waals surface area contributed by atoms with Crippen molar-refractivity contribution in [2.75, 3.05) is 44.2 Å². The summed E-state index contributed by atoms with van der Waals surface area (Å²) in [5.41, 5.74) is 1.93. The van der Waals surface area contributed by atoms with Crippen molar-refractivity contribution in [2.45, 2.75) is 43.4 Å². The van der Waals surface area contributed by atoms with E-state index in [-0.39, 0.29) is 37.7 Å². The van der Waals surface area contributed by atoms with E-state index < -0.39 is 23.9 Å². The Morgan fingerprint density at radius 2 is 2.04 bits per heavy atom. The molecule has 7 rings (SSSR count). The second-order valence-electron chi connectivity index (χ2n) is 12.3. The van der Waals surface area contributed by atoms with E-state index in [1.54, 1.807) is 12.4 Å². The number of ether oxygens (including phenoxy) is 1. The van der Waals surface area contributed by atoms with Gasteiger partial charge in [-0.2, -0.15) is 15.2 Å². The minimum atomic E-state index is -1.06. The molecule has 1 amide bonds. The number of carbonyl (C=O) groups is 1. The molecule has 12 heteroatoms. The number of benzene rings is 2. The van der Waals surface area contributed by atoms with Crippen molar-refractivity contribution in [1.29, 1.82) is 5.26 Å². The molecule has 46 heavy (non-hydrogen) atoms. The number of piperazine rings is 1. The molecule has 0 spiro atoms. The third-order valence-electron chi connectivity index (χ3n) is 9.53. The molecular formula is C34H32ClF2N7O2. The first kappa shape index (κ1) is 30.3. The van der Waals surface area contributed by atoms with E-state index in [4.69, 9.17) is 26.3 Å². The second-order valence-corrected chi connectivity index (χ2v) is 12.7. The Bertz CT molecular complexity index is 1900.